The van der Waals surface area contributed by atoms with E-state index >= 15 is 0 Å². The number of hydrogen-bond acceptors (Lipinski definition) is 5. The lowest BCUT2D eigenvalue weighted by molar-refractivity contribution is -0.384. The van der Waals surface area contributed by atoms with E-state index in [9.17, 15) is 10.1 Å². The van der Waals surface area contributed by atoms with Crippen molar-refractivity contribution in [1.82, 2.24) is 10.2 Å². The van der Waals surface area contributed by atoms with Crippen LogP contribution >= 0.6 is 0 Å². The summed E-state index contributed by atoms with van der Waals surface area (Å²) in [5.74, 6) is 0.665. The normalized spacial score (nSPS) is 10.7. The summed E-state index contributed by atoms with van der Waals surface area (Å²) >= 11 is 0. The molecule has 1 aromatic rings. The summed E-state index contributed by atoms with van der Waals surface area (Å²) < 4.78 is 5.19. The van der Waals surface area contributed by atoms with Gasteiger partial charge in [-0.15, -0.1) is 0 Å². The van der Waals surface area contributed by atoms with Crippen LogP contribution in [-0.4, -0.2) is 44.1 Å². The van der Waals surface area contributed by atoms with Gasteiger partial charge in [0.05, 0.1) is 12.0 Å². The van der Waals surface area contributed by atoms with Crippen molar-refractivity contribution in [3.63, 3.8) is 0 Å². The van der Waals surface area contributed by atoms with Gasteiger partial charge in [-0.05, 0) is 20.2 Å². The van der Waals surface area contributed by atoms with Gasteiger partial charge in [0.1, 0.15) is 5.75 Å². The van der Waals surface area contributed by atoms with Crippen LogP contribution in [0, 0.1) is 10.1 Å². The minimum Gasteiger partial charge on any atom is -0.496 e. The van der Waals surface area contributed by atoms with E-state index in [-0.39, 0.29) is 5.69 Å². The molecular formula is C12H19N3O3. The molecule has 0 spiro atoms. The van der Waals surface area contributed by atoms with Crippen LogP contribution < -0.4 is 10.1 Å². The predicted octanol–water partition coefficient (Wildman–Crippen LogP) is 1.25. The van der Waals surface area contributed by atoms with Gasteiger partial charge in [0.25, 0.3) is 5.69 Å². The average Bonchev–Trinajstić information content (AvgIpc) is 2.34. The molecule has 0 unspecified atom stereocenters. The number of ether oxygens (including phenoxy) is 1. The number of likely N-dealkylation sites (N-methyl/N-ethyl adjacent to an activating group) is 1. The van der Waals surface area contributed by atoms with Crippen LogP contribution in [-0.2, 0) is 6.54 Å². The van der Waals surface area contributed by atoms with Crippen molar-refractivity contribution in [3.05, 3.63) is 33.9 Å². The van der Waals surface area contributed by atoms with Crippen molar-refractivity contribution in [2.24, 2.45) is 0 Å². The SMILES string of the molecule is COc1ccc([N+](=O)[O-])cc1CNCCN(C)C. The number of nitro groups is 1. The predicted molar refractivity (Wildman–Crippen MR) is 69.9 cm³/mol. The third-order valence-electron chi connectivity index (χ3n) is 2.53. The van der Waals surface area contributed by atoms with Crippen molar-refractivity contribution in [2.75, 3.05) is 34.3 Å². The lowest BCUT2D eigenvalue weighted by Gasteiger charge is -2.12. The quantitative estimate of drug-likeness (QED) is 0.450. The summed E-state index contributed by atoms with van der Waals surface area (Å²) in [6.45, 7) is 2.29. The van der Waals surface area contributed by atoms with Gasteiger partial charge in [0, 0.05) is 37.3 Å². The molecule has 0 aromatic heterocycles. The Morgan fingerprint density at radius 3 is 2.72 bits per heavy atom. The second-order valence-corrected chi connectivity index (χ2v) is 4.23. The molecule has 1 N–H and O–H groups in total. The molecule has 0 bridgehead atoms. The summed E-state index contributed by atoms with van der Waals surface area (Å²) in [5, 5.41) is 13.9. The number of nitrogens with one attached hydrogen (secondary N) is 1. The minimum absolute atomic E-state index is 0.0835. The molecule has 0 aliphatic rings. The van der Waals surface area contributed by atoms with Crippen LogP contribution in [0.5, 0.6) is 5.75 Å². The van der Waals surface area contributed by atoms with Crippen molar-refractivity contribution in [2.45, 2.75) is 6.54 Å². The van der Waals surface area contributed by atoms with E-state index in [2.05, 4.69) is 10.2 Å². The van der Waals surface area contributed by atoms with Crippen molar-refractivity contribution < 1.29 is 9.66 Å². The molecule has 100 valence electrons. The summed E-state index contributed by atoms with van der Waals surface area (Å²) in [5.41, 5.74) is 0.880. The first kappa shape index (κ1) is 14.4. The topological polar surface area (TPSA) is 67.6 Å². The summed E-state index contributed by atoms with van der Waals surface area (Å²) in [7, 11) is 5.55. The minimum atomic E-state index is -0.400. The second kappa shape index (κ2) is 6.93. The lowest BCUT2D eigenvalue weighted by Crippen LogP contribution is -2.26. The van der Waals surface area contributed by atoms with Crippen molar-refractivity contribution in [1.29, 1.82) is 0 Å². The number of non-ortho nitro benzene ring substituents is 1. The Morgan fingerprint density at radius 1 is 1.44 bits per heavy atom. The number of rotatable bonds is 7. The molecule has 18 heavy (non-hydrogen) atoms. The third kappa shape index (κ3) is 4.31. The fourth-order valence-corrected chi connectivity index (χ4v) is 1.54. The molecule has 0 atom stereocenters. The largest absolute Gasteiger partial charge is 0.496 e. The fraction of sp³-hybridized carbons (Fsp3) is 0.500. The Hall–Kier alpha value is -1.66. The molecule has 0 radical (unpaired) electrons. The third-order valence-corrected chi connectivity index (χ3v) is 2.53. The molecule has 6 nitrogen and oxygen atoms in total. The van der Waals surface area contributed by atoms with Crippen molar-refractivity contribution >= 4 is 5.69 Å². The molecule has 0 aliphatic heterocycles. The van der Waals surface area contributed by atoms with Crippen molar-refractivity contribution in [3.8, 4) is 5.75 Å². The molecule has 0 heterocycles. The molecule has 0 saturated carbocycles. The van der Waals surface area contributed by atoms with E-state index in [0.717, 1.165) is 18.7 Å². The maximum absolute atomic E-state index is 10.7. The van der Waals surface area contributed by atoms with Gasteiger partial charge in [-0.3, -0.25) is 10.1 Å². The highest BCUT2D eigenvalue weighted by molar-refractivity contribution is 5.43. The van der Waals surface area contributed by atoms with Gasteiger partial charge in [0.15, 0.2) is 0 Å². The number of nitro benzene ring substituents is 1. The maximum Gasteiger partial charge on any atom is 0.270 e. The van der Waals surface area contributed by atoms with Crippen LogP contribution in [0.2, 0.25) is 0 Å². The van der Waals surface area contributed by atoms with Crippen LogP contribution in [0.3, 0.4) is 0 Å². The Labute approximate surface area is 107 Å². The second-order valence-electron chi connectivity index (χ2n) is 4.23. The monoisotopic (exact) mass is 253 g/mol. The van der Waals surface area contributed by atoms with E-state index in [1.165, 1.54) is 6.07 Å². The summed E-state index contributed by atoms with van der Waals surface area (Å²) in [6.07, 6.45) is 0. The molecule has 0 fully saturated rings. The molecule has 0 saturated heterocycles. The standard InChI is InChI=1S/C12H19N3O3/c1-14(2)7-6-13-9-10-8-11(15(16)17)4-5-12(10)18-3/h4-5,8,13H,6-7,9H2,1-3H3. The average molecular weight is 253 g/mol. The highest BCUT2D eigenvalue weighted by atomic mass is 16.6. The highest BCUT2D eigenvalue weighted by Gasteiger charge is 2.10. The number of hydrogen-bond donors (Lipinski definition) is 1. The van der Waals surface area contributed by atoms with E-state index in [1.54, 1.807) is 19.2 Å². The molecule has 0 aliphatic carbocycles. The van der Waals surface area contributed by atoms with Crippen LogP contribution in [0.1, 0.15) is 5.56 Å². The highest BCUT2D eigenvalue weighted by Crippen LogP contribution is 2.23. The Kier molecular flexibility index (Phi) is 5.54. The van der Waals surface area contributed by atoms with Gasteiger partial charge in [0.2, 0.25) is 0 Å². The lowest BCUT2D eigenvalue weighted by atomic mass is 10.1. The number of nitrogens with zero attached hydrogens (tertiary/aromatic N) is 2. The van der Waals surface area contributed by atoms with E-state index in [4.69, 9.17) is 4.74 Å². The Bertz CT molecular complexity index is 408. The van der Waals surface area contributed by atoms with Crippen LogP contribution in [0.25, 0.3) is 0 Å². The van der Waals surface area contributed by atoms with Crippen LogP contribution in [0.4, 0.5) is 5.69 Å². The molecule has 6 heteroatoms. The smallest absolute Gasteiger partial charge is 0.270 e. The van der Waals surface area contributed by atoms with Gasteiger partial charge >= 0.3 is 0 Å². The summed E-state index contributed by atoms with van der Waals surface area (Å²) in [6, 6.07) is 4.62. The zero-order chi connectivity index (χ0) is 13.5. The first-order valence-corrected chi connectivity index (χ1v) is 5.71. The summed E-state index contributed by atoms with van der Waals surface area (Å²) in [4.78, 5) is 12.4. The molecule has 1 aromatic carbocycles. The van der Waals surface area contributed by atoms with E-state index in [0.29, 0.717) is 12.3 Å². The first-order chi connectivity index (χ1) is 8.54. The molecule has 0 amide bonds. The fourth-order valence-electron chi connectivity index (χ4n) is 1.54. The van der Waals surface area contributed by atoms with Gasteiger partial charge in [-0.2, -0.15) is 0 Å². The van der Waals surface area contributed by atoms with Gasteiger partial charge in [-0.1, -0.05) is 0 Å². The number of benzene rings is 1. The van der Waals surface area contributed by atoms with Gasteiger partial charge < -0.3 is 15.0 Å². The maximum atomic E-state index is 10.7. The number of methoxy groups -OCH3 is 1. The molecule has 1 rings (SSSR count). The Balaban J connectivity index is 2.66. The Morgan fingerprint density at radius 2 is 2.17 bits per heavy atom. The first-order valence-electron chi connectivity index (χ1n) is 5.71. The van der Waals surface area contributed by atoms with E-state index < -0.39 is 4.92 Å². The van der Waals surface area contributed by atoms with Crippen LogP contribution in [0.15, 0.2) is 18.2 Å². The molecular weight excluding hydrogens is 234 g/mol. The van der Waals surface area contributed by atoms with Gasteiger partial charge in [-0.25, -0.2) is 0 Å². The van der Waals surface area contributed by atoms with E-state index in [1.807, 2.05) is 14.1 Å². The zero-order valence-corrected chi connectivity index (χ0v) is 11.0. The zero-order valence-electron chi connectivity index (χ0n) is 11.0.